The maximum absolute atomic E-state index is 5.43. The van der Waals surface area contributed by atoms with Crippen LogP contribution in [0.25, 0.3) is 0 Å². The molecule has 0 atom stereocenters. The maximum Gasteiger partial charge on any atom is 0.222 e. The van der Waals surface area contributed by atoms with Gasteiger partial charge in [0, 0.05) is 32.5 Å². The molecule has 0 amide bonds. The van der Waals surface area contributed by atoms with E-state index in [1.807, 2.05) is 0 Å². The molecule has 0 aliphatic rings. The number of rotatable bonds is 4. The average molecular weight is 322 g/mol. The van der Waals surface area contributed by atoms with Crippen LogP contribution < -0.4 is 16.4 Å². The van der Waals surface area contributed by atoms with E-state index in [0.717, 1.165) is 0 Å². The van der Waals surface area contributed by atoms with Gasteiger partial charge in [-0.05, 0) is 6.07 Å². The highest BCUT2D eigenvalue weighted by Crippen LogP contribution is 1.91. The number of halogens is 1. The average Bonchev–Trinajstić information content (AvgIpc) is 2.25. The third-order valence-electron chi connectivity index (χ3n) is 1.52. The zero-order valence-corrected chi connectivity index (χ0v) is 10.8. The largest absolute Gasteiger partial charge is 0.370 e. The first kappa shape index (κ1) is 13.9. The molecule has 0 saturated carbocycles. The van der Waals surface area contributed by atoms with E-state index in [9.17, 15) is 0 Å². The lowest BCUT2D eigenvalue weighted by molar-refractivity contribution is 0.884. The van der Waals surface area contributed by atoms with Gasteiger partial charge in [-0.15, -0.1) is 24.0 Å². The van der Waals surface area contributed by atoms with Crippen molar-refractivity contribution in [3.63, 3.8) is 0 Å². The third-order valence-corrected chi connectivity index (χ3v) is 1.52. The normalized spacial score (nSPS) is 10.3. The smallest absolute Gasteiger partial charge is 0.222 e. The molecule has 0 bridgehead atoms. The molecule has 6 nitrogen and oxygen atoms in total. The molecule has 0 aliphatic carbocycles. The SMILES string of the molecule is CN=C(N)NCCNc1ncccn1.I. The highest BCUT2D eigenvalue weighted by Gasteiger charge is 1.92. The standard InChI is InChI=1S/C8H14N6.HI/c1-10-7(9)11-5-6-14-8-12-3-2-4-13-8;/h2-4H,5-6H2,1H3,(H3,9,10,11)(H,12,13,14);1H. The lowest BCUT2D eigenvalue weighted by Gasteiger charge is -2.05. The molecule has 0 aromatic carbocycles. The quantitative estimate of drug-likeness (QED) is 0.315. The van der Waals surface area contributed by atoms with E-state index in [-0.39, 0.29) is 24.0 Å². The van der Waals surface area contributed by atoms with E-state index >= 15 is 0 Å². The van der Waals surface area contributed by atoms with Crippen molar-refractivity contribution in [2.24, 2.45) is 10.7 Å². The molecular formula is C8H15IN6. The first-order valence-corrected chi connectivity index (χ1v) is 4.30. The molecule has 1 rings (SSSR count). The summed E-state index contributed by atoms with van der Waals surface area (Å²) in [6.07, 6.45) is 3.37. The Bertz CT molecular complexity index is 288. The molecule has 0 unspecified atom stereocenters. The summed E-state index contributed by atoms with van der Waals surface area (Å²) in [5.41, 5.74) is 5.43. The minimum absolute atomic E-state index is 0. The van der Waals surface area contributed by atoms with Gasteiger partial charge in [0.1, 0.15) is 0 Å². The summed E-state index contributed by atoms with van der Waals surface area (Å²) in [6, 6.07) is 1.77. The minimum atomic E-state index is 0. The van der Waals surface area contributed by atoms with Crippen molar-refractivity contribution in [2.45, 2.75) is 0 Å². The molecule has 4 N–H and O–H groups in total. The Hall–Kier alpha value is -1.12. The van der Waals surface area contributed by atoms with Gasteiger partial charge in [0.15, 0.2) is 5.96 Å². The fraction of sp³-hybridized carbons (Fsp3) is 0.375. The second kappa shape index (κ2) is 8.21. The van der Waals surface area contributed by atoms with Gasteiger partial charge in [-0.25, -0.2) is 9.97 Å². The summed E-state index contributed by atoms with van der Waals surface area (Å²) in [7, 11) is 1.63. The van der Waals surface area contributed by atoms with E-state index in [1.54, 1.807) is 25.5 Å². The topological polar surface area (TPSA) is 88.2 Å². The number of guanidine groups is 1. The molecule has 0 radical (unpaired) electrons. The highest BCUT2D eigenvalue weighted by atomic mass is 127. The number of nitrogens with two attached hydrogens (primary N) is 1. The fourth-order valence-corrected chi connectivity index (χ4v) is 0.834. The molecule has 15 heavy (non-hydrogen) atoms. The van der Waals surface area contributed by atoms with E-state index in [4.69, 9.17) is 5.73 Å². The number of aliphatic imine (C=N–C) groups is 1. The minimum Gasteiger partial charge on any atom is -0.370 e. The Morgan fingerprint density at radius 3 is 2.67 bits per heavy atom. The third kappa shape index (κ3) is 6.05. The van der Waals surface area contributed by atoms with Gasteiger partial charge in [0.2, 0.25) is 5.95 Å². The number of hydrogen-bond acceptors (Lipinski definition) is 4. The van der Waals surface area contributed by atoms with Gasteiger partial charge < -0.3 is 16.4 Å². The number of hydrogen-bond donors (Lipinski definition) is 3. The van der Waals surface area contributed by atoms with Gasteiger partial charge >= 0.3 is 0 Å². The first-order chi connectivity index (χ1) is 6.83. The van der Waals surface area contributed by atoms with Crippen LogP contribution in [0, 0.1) is 0 Å². The zero-order chi connectivity index (χ0) is 10.2. The lowest BCUT2D eigenvalue weighted by atomic mass is 10.6. The summed E-state index contributed by atoms with van der Waals surface area (Å²) in [5.74, 6) is 1.04. The molecule has 0 aliphatic heterocycles. The van der Waals surface area contributed by atoms with Crippen LogP contribution in [0.15, 0.2) is 23.5 Å². The lowest BCUT2D eigenvalue weighted by Crippen LogP contribution is -2.34. The fourth-order valence-electron chi connectivity index (χ4n) is 0.834. The molecule has 1 heterocycles. The van der Waals surface area contributed by atoms with Crippen LogP contribution >= 0.6 is 24.0 Å². The Morgan fingerprint density at radius 2 is 2.07 bits per heavy atom. The van der Waals surface area contributed by atoms with Crippen LogP contribution in [0.5, 0.6) is 0 Å². The molecule has 0 spiro atoms. The van der Waals surface area contributed by atoms with Crippen molar-refractivity contribution >= 4 is 35.9 Å². The number of aromatic nitrogens is 2. The molecule has 84 valence electrons. The molecule has 1 aromatic heterocycles. The Kier molecular flexibility index (Phi) is 7.60. The second-order valence-electron chi connectivity index (χ2n) is 2.53. The van der Waals surface area contributed by atoms with Crippen LogP contribution in [0.4, 0.5) is 5.95 Å². The van der Waals surface area contributed by atoms with Crippen molar-refractivity contribution in [2.75, 3.05) is 25.5 Å². The van der Waals surface area contributed by atoms with Crippen LogP contribution in [-0.2, 0) is 0 Å². The van der Waals surface area contributed by atoms with Crippen LogP contribution in [0.1, 0.15) is 0 Å². The molecule has 0 fully saturated rings. The van der Waals surface area contributed by atoms with Gasteiger partial charge in [-0.1, -0.05) is 0 Å². The summed E-state index contributed by atoms with van der Waals surface area (Å²) >= 11 is 0. The van der Waals surface area contributed by atoms with Crippen molar-refractivity contribution < 1.29 is 0 Å². The number of nitrogens with zero attached hydrogens (tertiary/aromatic N) is 3. The van der Waals surface area contributed by atoms with Crippen molar-refractivity contribution in [1.82, 2.24) is 15.3 Å². The summed E-state index contributed by atoms with van der Waals surface area (Å²) in [4.78, 5) is 11.8. The van der Waals surface area contributed by atoms with E-state index < -0.39 is 0 Å². The van der Waals surface area contributed by atoms with Crippen molar-refractivity contribution in [3.8, 4) is 0 Å². The highest BCUT2D eigenvalue weighted by molar-refractivity contribution is 14.0. The summed E-state index contributed by atoms with van der Waals surface area (Å²) in [6.45, 7) is 1.38. The Labute approximate surface area is 106 Å². The van der Waals surface area contributed by atoms with Crippen molar-refractivity contribution in [1.29, 1.82) is 0 Å². The molecule has 1 aromatic rings. The van der Waals surface area contributed by atoms with E-state index in [0.29, 0.717) is 25.0 Å². The Morgan fingerprint density at radius 1 is 1.40 bits per heavy atom. The molecule has 7 heteroatoms. The first-order valence-electron chi connectivity index (χ1n) is 4.30. The predicted molar refractivity (Wildman–Crippen MR) is 71.5 cm³/mol. The second-order valence-corrected chi connectivity index (χ2v) is 2.53. The van der Waals surface area contributed by atoms with Gasteiger partial charge in [0.05, 0.1) is 0 Å². The maximum atomic E-state index is 5.43. The summed E-state index contributed by atoms with van der Waals surface area (Å²) in [5, 5.41) is 5.94. The van der Waals surface area contributed by atoms with Gasteiger partial charge in [-0.2, -0.15) is 0 Å². The van der Waals surface area contributed by atoms with Crippen molar-refractivity contribution in [3.05, 3.63) is 18.5 Å². The molecular weight excluding hydrogens is 307 g/mol. The van der Waals surface area contributed by atoms with Crippen LogP contribution in [0.3, 0.4) is 0 Å². The van der Waals surface area contributed by atoms with E-state index in [2.05, 4.69) is 25.6 Å². The Balaban J connectivity index is 0.00000196. The van der Waals surface area contributed by atoms with E-state index in [1.165, 1.54) is 0 Å². The molecule has 0 saturated heterocycles. The number of anilines is 1. The van der Waals surface area contributed by atoms with Crippen LogP contribution in [-0.4, -0.2) is 36.1 Å². The van der Waals surface area contributed by atoms with Crippen LogP contribution in [0.2, 0.25) is 0 Å². The van der Waals surface area contributed by atoms with Gasteiger partial charge in [0.25, 0.3) is 0 Å². The van der Waals surface area contributed by atoms with Gasteiger partial charge in [-0.3, -0.25) is 4.99 Å². The zero-order valence-electron chi connectivity index (χ0n) is 8.47. The predicted octanol–water partition coefficient (Wildman–Crippen LogP) is 0.0406. The summed E-state index contributed by atoms with van der Waals surface area (Å²) < 4.78 is 0. The monoisotopic (exact) mass is 322 g/mol. The number of nitrogens with one attached hydrogen (secondary N) is 2.